The number of hydrogen-bond acceptors (Lipinski definition) is 4. The van der Waals surface area contributed by atoms with E-state index in [1.807, 2.05) is 0 Å². The van der Waals surface area contributed by atoms with E-state index in [-0.39, 0.29) is 0 Å². The Bertz CT molecular complexity index is 354. The number of nitrogens with zero attached hydrogens (tertiary/aromatic N) is 3. The zero-order chi connectivity index (χ0) is 12.0. The van der Waals surface area contributed by atoms with Crippen LogP contribution in [0.2, 0.25) is 0 Å². The SMILES string of the molecule is CCCCN(CC)c1nccnc1C(N)=S. The van der Waals surface area contributed by atoms with Crippen molar-refractivity contribution in [1.82, 2.24) is 9.97 Å². The smallest absolute Gasteiger partial charge is 0.157 e. The van der Waals surface area contributed by atoms with Crippen molar-refractivity contribution >= 4 is 23.0 Å². The monoisotopic (exact) mass is 238 g/mol. The van der Waals surface area contributed by atoms with Gasteiger partial charge in [-0.2, -0.15) is 0 Å². The summed E-state index contributed by atoms with van der Waals surface area (Å²) in [5.74, 6) is 0.797. The quantitative estimate of drug-likeness (QED) is 0.765. The maximum atomic E-state index is 5.64. The second-order valence-electron chi connectivity index (χ2n) is 3.53. The van der Waals surface area contributed by atoms with Gasteiger partial charge in [0.2, 0.25) is 0 Å². The van der Waals surface area contributed by atoms with Crippen LogP contribution in [0, 0.1) is 0 Å². The van der Waals surface area contributed by atoms with Gasteiger partial charge in [0.05, 0.1) is 0 Å². The fourth-order valence-electron chi connectivity index (χ4n) is 1.50. The molecule has 0 aliphatic rings. The largest absolute Gasteiger partial charge is 0.388 e. The molecule has 0 aliphatic carbocycles. The number of unbranched alkanes of at least 4 members (excludes halogenated alkanes) is 1. The molecule has 2 N–H and O–H groups in total. The summed E-state index contributed by atoms with van der Waals surface area (Å²) in [5.41, 5.74) is 6.26. The Kier molecular flexibility index (Phi) is 5.11. The van der Waals surface area contributed by atoms with Crippen LogP contribution in [0.4, 0.5) is 5.82 Å². The van der Waals surface area contributed by atoms with Gasteiger partial charge in [-0.15, -0.1) is 0 Å². The minimum atomic E-state index is 0.304. The average Bonchev–Trinajstić information content (AvgIpc) is 2.30. The molecule has 16 heavy (non-hydrogen) atoms. The summed E-state index contributed by atoms with van der Waals surface area (Å²) >= 11 is 4.98. The summed E-state index contributed by atoms with van der Waals surface area (Å²) in [6.07, 6.45) is 5.57. The molecule has 0 fully saturated rings. The van der Waals surface area contributed by atoms with Crippen molar-refractivity contribution < 1.29 is 0 Å². The fourth-order valence-corrected chi connectivity index (χ4v) is 1.64. The molecule has 1 aromatic heterocycles. The molecule has 5 heteroatoms. The van der Waals surface area contributed by atoms with Crippen LogP contribution in [0.1, 0.15) is 32.4 Å². The van der Waals surface area contributed by atoms with E-state index >= 15 is 0 Å². The Balaban J connectivity index is 2.94. The van der Waals surface area contributed by atoms with Crippen molar-refractivity contribution in [2.45, 2.75) is 26.7 Å². The predicted octanol–water partition coefficient (Wildman–Crippen LogP) is 1.74. The molecule has 88 valence electrons. The number of thiocarbonyl (C=S) groups is 1. The van der Waals surface area contributed by atoms with Gasteiger partial charge in [-0.25, -0.2) is 9.97 Å². The number of anilines is 1. The van der Waals surface area contributed by atoms with Gasteiger partial charge in [-0.3, -0.25) is 0 Å². The van der Waals surface area contributed by atoms with E-state index in [1.54, 1.807) is 12.4 Å². The minimum absolute atomic E-state index is 0.304. The molecule has 0 saturated heterocycles. The number of nitrogens with two attached hydrogens (primary N) is 1. The summed E-state index contributed by atoms with van der Waals surface area (Å²) in [7, 11) is 0. The first-order valence-electron chi connectivity index (χ1n) is 5.56. The molecule has 4 nitrogen and oxygen atoms in total. The van der Waals surface area contributed by atoms with E-state index in [2.05, 4.69) is 28.7 Å². The number of aromatic nitrogens is 2. The third-order valence-corrected chi connectivity index (χ3v) is 2.57. The van der Waals surface area contributed by atoms with Crippen LogP contribution in [0.25, 0.3) is 0 Å². The summed E-state index contributed by atoms with van der Waals surface area (Å²) in [4.78, 5) is 11.0. The maximum Gasteiger partial charge on any atom is 0.157 e. The third-order valence-electron chi connectivity index (χ3n) is 2.38. The molecule has 0 saturated carbocycles. The molecule has 0 aliphatic heterocycles. The molecule has 0 bridgehead atoms. The highest BCUT2D eigenvalue weighted by Crippen LogP contribution is 2.15. The topological polar surface area (TPSA) is 55.0 Å². The molecule has 1 rings (SSSR count). The Morgan fingerprint density at radius 1 is 1.38 bits per heavy atom. The lowest BCUT2D eigenvalue weighted by Crippen LogP contribution is -2.28. The zero-order valence-electron chi connectivity index (χ0n) is 9.81. The third kappa shape index (κ3) is 3.13. The maximum absolute atomic E-state index is 5.64. The Morgan fingerprint density at radius 2 is 2.06 bits per heavy atom. The first-order chi connectivity index (χ1) is 7.70. The second kappa shape index (κ2) is 6.37. The van der Waals surface area contributed by atoms with Crippen molar-refractivity contribution in [2.24, 2.45) is 5.73 Å². The van der Waals surface area contributed by atoms with E-state index in [0.717, 1.165) is 31.7 Å². The molecule has 1 aromatic rings. The summed E-state index contributed by atoms with van der Waals surface area (Å²) in [6, 6.07) is 0. The second-order valence-corrected chi connectivity index (χ2v) is 3.97. The van der Waals surface area contributed by atoms with E-state index in [4.69, 9.17) is 18.0 Å². The number of hydrogen-bond donors (Lipinski definition) is 1. The summed E-state index contributed by atoms with van der Waals surface area (Å²) in [5, 5.41) is 0. The Morgan fingerprint density at radius 3 is 2.62 bits per heavy atom. The molecular weight excluding hydrogens is 220 g/mol. The average molecular weight is 238 g/mol. The lowest BCUT2D eigenvalue weighted by molar-refractivity contribution is 0.721. The van der Waals surface area contributed by atoms with Gasteiger partial charge in [-0.05, 0) is 13.3 Å². The summed E-state index contributed by atoms with van der Waals surface area (Å²) in [6.45, 7) is 6.10. The lowest BCUT2D eigenvalue weighted by Gasteiger charge is -2.23. The van der Waals surface area contributed by atoms with Crippen LogP contribution < -0.4 is 10.6 Å². The van der Waals surface area contributed by atoms with Crippen LogP contribution in [0.15, 0.2) is 12.4 Å². The molecule has 0 amide bonds. The molecule has 0 aromatic carbocycles. The van der Waals surface area contributed by atoms with Crippen molar-refractivity contribution in [2.75, 3.05) is 18.0 Å². The first kappa shape index (κ1) is 12.8. The van der Waals surface area contributed by atoms with Gasteiger partial charge in [0.25, 0.3) is 0 Å². The standard InChI is InChI=1S/C11H18N4S/c1-3-5-8-15(4-2)11-9(10(12)16)13-6-7-14-11/h6-7H,3-5,8H2,1-2H3,(H2,12,16). The highest BCUT2D eigenvalue weighted by atomic mass is 32.1. The van der Waals surface area contributed by atoms with Gasteiger partial charge < -0.3 is 10.6 Å². The van der Waals surface area contributed by atoms with E-state index in [0.29, 0.717) is 10.7 Å². The minimum Gasteiger partial charge on any atom is -0.388 e. The first-order valence-corrected chi connectivity index (χ1v) is 5.97. The van der Waals surface area contributed by atoms with Gasteiger partial charge in [0, 0.05) is 25.5 Å². The molecule has 0 unspecified atom stereocenters. The lowest BCUT2D eigenvalue weighted by atomic mass is 10.3. The molecule has 1 heterocycles. The van der Waals surface area contributed by atoms with Crippen LogP contribution in [0.3, 0.4) is 0 Å². The Hall–Kier alpha value is -1.23. The van der Waals surface area contributed by atoms with Crippen LogP contribution in [-0.4, -0.2) is 28.0 Å². The van der Waals surface area contributed by atoms with Gasteiger partial charge >= 0.3 is 0 Å². The highest BCUT2D eigenvalue weighted by molar-refractivity contribution is 7.80. The van der Waals surface area contributed by atoms with Crippen molar-refractivity contribution in [3.05, 3.63) is 18.1 Å². The Labute approximate surface area is 102 Å². The van der Waals surface area contributed by atoms with Crippen molar-refractivity contribution in [3.8, 4) is 0 Å². The fraction of sp³-hybridized carbons (Fsp3) is 0.545. The predicted molar refractivity (Wildman–Crippen MR) is 70.7 cm³/mol. The van der Waals surface area contributed by atoms with Gasteiger partial charge in [0.15, 0.2) is 5.82 Å². The van der Waals surface area contributed by atoms with Gasteiger partial charge in [0.1, 0.15) is 10.7 Å². The van der Waals surface area contributed by atoms with Crippen molar-refractivity contribution in [1.29, 1.82) is 0 Å². The van der Waals surface area contributed by atoms with E-state index in [1.165, 1.54) is 0 Å². The van der Waals surface area contributed by atoms with Crippen LogP contribution in [-0.2, 0) is 0 Å². The molecule has 0 atom stereocenters. The van der Waals surface area contributed by atoms with Gasteiger partial charge in [-0.1, -0.05) is 25.6 Å². The van der Waals surface area contributed by atoms with Crippen molar-refractivity contribution in [3.63, 3.8) is 0 Å². The zero-order valence-corrected chi connectivity index (χ0v) is 10.6. The highest BCUT2D eigenvalue weighted by Gasteiger charge is 2.13. The number of rotatable bonds is 6. The summed E-state index contributed by atoms with van der Waals surface area (Å²) < 4.78 is 0. The van der Waals surface area contributed by atoms with Crippen LogP contribution in [0.5, 0.6) is 0 Å². The van der Waals surface area contributed by atoms with E-state index < -0.39 is 0 Å². The molecule has 0 spiro atoms. The van der Waals surface area contributed by atoms with E-state index in [9.17, 15) is 0 Å². The molecular formula is C11H18N4S. The van der Waals surface area contributed by atoms with Crippen LogP contribution >= 0.6 is 12.2 Å². The molecule has 0 radical (unpaired) electrons. The normalized spacial score (nSPS) is 10.1.